The van der Waals surface area contributed by atoms with Crippen LogP contribution >= 0.6 is 0 Å². The molecule has 0 aliphatic heterocycles. The second-order valence-corrected chi connectivity index (χ2v) is 4.90. The van der Waals surface area contributed by atoms with E-state index in [4.69, 9.17) is 4.74 Å². The summed E-state index contributed by atoms with van der Waals surface area (Å²) < 4.78 is 5.81. The number of para-hydroxylation sites is 1. The van der Waals surface area contributed by atoms with Crippen molar-refractivity contribution in [3.8, 4) is 11.6 Å². The number of hydrogen-bond donors (Lipinski definition) is 1. The van der Waals surface area contributed by atoms with Crippen LogP contribution in [0, 0.1) is 0 Å². The molecule has 1 atom stereocenters. The van der Waals surface area contributed by atoms with E-state index in [-0.39, 0.29) is 0 Å². The van der Waals surface area contributed by atoms with Crippen LogP contribution in [-0.2, 0) is 0 Å². The molecule has 1 aromatic heterocycles. The van der Waals surface area contributed by atoms with E-state index < -0.39 is 6.10 Å². The molecule has 0 fully saturated rings. The van der Waals surface area contributed by atoms with Gasteiger partial charge in [0, 0.05) is 12.3 Å². The summed E-state index contributed by atoms with van der Waals surface area (Å²) in [5, 5.41) is 9.44. The highest BCUT2D eigenvalue weighted by Crippen LogP contribution is 2.29. The molecule has 0 aliphatic carbocycles. The van der Waals surface area contributed by atoms with Gasteiger partial charge in [-0.25, -0.2) is 4.98 Å². The van der Waals surface area contributed by atoms with E-state index in [1.54, 1.807) is 19.2 Å². The third-order valence-corrected chi connectivity index (χ3v) is 3.00. The summed E-state index contributed by atoms with van der Waals surface area (Å²) in [7, 11) is 0. The van der Waals surface area contributed by atoms with Crippen LogP contribution in [0.2, 0.25) is 0 Å². The molecular formula is C16H19NO2. The number of ether oxygens (including phenoxy) is 1. The van der Waals surface area contributed by atoms with Gasteiger partial charge in [-0.05, 0) is 36.1 Å². The Morgan fingerprint density at radius 2 is 1.79 bits per heavy atom. The maximum atomic E-state index is 9.44. The van der Waals surface area contributed by atoms with Gasteiger partial charge in [0.15, 0.2) is 0 Å². The number of benzene rings is 1. The van der Waals surface area contributed by atoms with Crippen LogP contribution in [0.4, 0.5) is 0 Å². The minimum absolute atomic E-state index is 0.396. The molecule has 0 amide bonds. The van der Waals surface area contributed by atoms with Crippen molar-refractivity contribution in [1.82, 2.24) is 4.98 Å². The summed E-state index contributed by atoms with van der Waals surface area (Å²) in [6.45, 7) is 5.98. The van der Waals surface area contributed by atoms with Crippen molar-refractivity contribution in [2.24, 2.45) is 0 Å². The smallest absolute Gasteiger partial charge is 0.219 e. The third kappa shape index (κ3) is 3.32. The fourth-order valence-electron chi connectivity index (χ4n) is 1.86. The summed E-state index contributed by atoms with van der Waals surface area (Å²) in [5.41, 5.74) is 1.94. The molecule has 2 aromatic rings. The lowest BCUT2D eigenvalue weighted by Crippen LogP contribution is -1.96. The van der Waals surface area contributed by atoms with Crippen molar-refractivity contribution < 1.29 is 9.84 Å². The van der Waals surface area contributed by atoms with Gasteiger partial charge in [0.1, 0.15) is 5.75 Å². The zero-order valence-electron chi connectivity index (χ0n) is 11.5. The van der Waals surface area contributed by atoms with Gasteiger partial charge < -0.3 is 9.84 Å². The van der Waals surface area contributed by atoms with E-state index in [9.17, 15) is 5.11 Å². The summed E-state index contributed by atoms with van der Waals surface area (Å²) in [6.07, 6.45) is 1.13. The number of aromatic nitrogens is 1. The maximum absolute atomic E-state index is 9.44. The van der Waals surface area contributed by atoms with Crippen LogP contribution in [0.25, 0.3) is 0 Å². The molecule has 3 nitrogen and oxygen atoms in total. The number of aliphatic hydroxyl groups excluding tert-OH is 1. The maximum Gasteiger partial charge on any atom is 0.219 e. The van der Waals surface area contributed by atoms with E-state index in [1.165, 1.54) is 0 Å². The number of aliphatic hydroxyl groups is 1. The van der Waals surface area contributed by atoms with Crippen LogP contribution in [0.5, 0.6) is 11.6 Å². The zero-order valence-corrected chi connectivity index (χ0v) is 11.5. The van der Waals surface area contributed by atoms with Gasteiger partial charge in [0.25, 0.3) is 0 Å². The highest BCUT2D eigenvalue weighted by Gasteiger charge is 2.09. The first-order chi connectivity index (χ1) is 9.08. The predicted octanol–water partition coefficient (Wildman–Crippen LogP) is 4.05. The number of hydrogen-bond acceptors (Lipinski definition) is 3. The molecule has 1 aromatic carbocycles. The molecule has 0 saturated carbocycles. The molecule has 0 radical (unpaired) electrons. The Hall–Kier alpha value is -1.87. The molecule has 3 heteroatoms. The topological polar surface area (TPSA) is 42.4 Å². The minimum atomic E-state index is -0.510. The average molecular weight is 257 g/mol. The second kappa shape index (κ2) is 5.85. The molecule has 0 spiro atoms. The Kier molecular flexibility index (Phi) is 4.17. The first kappa shape index (κ1) is 13.6. The van der Waals surface area contributed by atoms with E-state index >= 15 is 0 Å². The van der Waals surface area contributed by atoms with Crippen molar-refractivity contribution in [1.29, 1.82) is 0 Å². The second-order valence-electron chi connectivity index (χ2n) is 4.90. The fraction of sp³-hybridized carbons (Fsp3) is 0.312. The van der Waals surface area contributed by atoms with E-state index in [0.29, 0.717) is 11.8 Å². The van der Waals surface area contributed by atoms with Crippen molar-refractivity contribution in [2.75, 3.05) is 0 Å². The summed E-state index contributed by atoms with van der Waals surface area (Å²) in [4.78, 5) is 4.21. The molecule has 100 valence electrons. The average Bonchev–Trinajstić information content (AvgIpc) is 2.39. The van der Waals surface area contributed by atoms with E-state index in [1.807, 2.05) is 24.3 Å². The summed E-state index contributed by atoms with van der Waals surface area (Å²) in [6, 6.07) is 11.6. The van der Waals surface area contributed by atoms with Gasteiger partial charge in [-0.2, -0.15) is 0 Å². The first-order valence-corrected chi connectivity index (χ1v) is 6.48. The predicted molar refractivity (Wildman–Crippen MR) is 75.5 cm³/mol. The fourth-order valence-corrected chi connectivity index (χ4v) is 1.86. The minimum Gasteiger partial charge on any atom is -0.439 e. The van der Waals surface area contributed by atoms with Gasteiger partial charge >= 0.3 is 0 Å². The largest absolute Gasteiger partial charge is 0.439 e. The summed E-state index contributed by atoms with van der Waals surface area (Å²) >= 11 is 0. The van der Waals surface area contributed by atoms with Crippen molar-refractivity contribution in [3.05, 3.63) is 53.7 Å². The monoisotopic (exact) mass is 257 g/mol. The first-order valence-electron chi connectivity index (χ1n) is 6.48. The number of pyridine rings is 1. The lowest BCUT2D eigenvalue weighted by atomic mass is 10.0. The molecular weight excluding hydrogens is 238 g/mol. The lowest BCUT2D eigenvalue weighted by molar-refractivity contribution is 0.198. The standard InChI is InChI=1S/C16H19NO2/c1-11(2)14-6-4-5-7-15(14)19-16-9-8-13(10-17-16)12(3)18/h4-12,18H,1-3H3/t12-/m0/s1. The zero-order chi connectivity index (χ0) is 13.8. The molecule has 0 unspecified atom stereocenters. The molecule has 1 heterocycles. The molecule has 2 rings (SSSR count). The Bertz CT molecular complexity index is 533. The Balaban J connectivity index is 2.21. The van der Waals surface area contributed by atoms with E-state index in [0.717, 1.165) is 16.9 Å². The van der Waals surface area contributed by atoms with Crippen molar-refractivity contribution in [2.45, 2.75) is 32.8 Å². The third-order valence-electron chi connectivity index (χ3n) is 3.00. The van der Waals surface area contributed by atoms with Crippen LogP contribution in [0.1, 0.15) is 43.9 Å². The Morgan fingerprint density at radius 1 is 1.05 bits per heavy atom. The van der Waals surface area contributed by atoms with Gasteiger partial charge in [-0.3, -0.25) is 0 Å². The van der Waals surface area contributed by atoms with Crippen LogP contribution in [0.3, 0.4) is 0 Å². The van der Waals surface area contributed by atoms with Crippen LogP contribution in [-0.4, -0.2) is 10.1 Å². The molecule has 0 aliphatic rings. The van der Waals surface area contributed by atoms with Crippen LogP contribution < -0.4 is 4.74 Å². The highest BCUT2D eigenvalue weighted by molar-refractivity contribution is 5.38. The Labute approximate surface area is 113 Å². The molecule has 0 saturated heterocycles. The van der Waals surface area contributed by atoms with Crippen molar-refractivity contribution >= 4 is 0 Å². The van der Waals surface area contributed by atoms with Crippen molar-refractivity contribution in [3.63, 3.8) is 0 Å². The molecule has 1 N–H and O–H groups in total. The van der Waals surface area contributed by atoms with Gasteiger partial charge in [0.05, 0.1) is 6.10 Å². The van der Waals surface area contributed by atoms with Crippen LogP contribution in [0.15, 0.2) is 42.6 Å². The normalized spacial score (nSPS) is 12.5. The number of nitrogens with zero attached hydrogens (tertiary/aromatic N) is 1. The number of rotatable bonds is 4. The molecule has 19 heavy (non-hydrogen) atoms. The van der Waals surface area contributed by atoms with Gasteiger partial charge in [-0.1, -0.05) is 32.0 Å². The van der Waals surface area contributed by atoms with Gasteiger partial charge in [-0.15, -0.1) is 0 Å². The quantitative estimate of drug-likeness (QED) is 0.898. The van der Waals surface area contributed by atoms with Gasteiger partial charge in [0.2, 0.25) is 5.88 Å². The molecule has 0 bridgehead atoms. The lowest BCUT2D eigenvalue weighted by Gasteiger charge is -2.13. The van der Waals surface area contributed by atoms with E-state index in [2.05, 4.69) is 24.9 Å². The summed E-state index contributed by atoms with van der Waals surface area (Å²) in [5.74, 6) is 1.76. The highest BCUT2D eigenvalue weighted by atomic mass is 16.5. The SMILES string of the molecule is CC(C)c1ccccc1Oc1ccc([C@H](C)O)cn1. The Morgan fingerprint density at radius 3 is 2.37 bits per heavy atom.